The number of benzene rings is 2. The Bertz CT molecular complexity index is 1700. The molecule has 0 fully saturated rings. The van der Waals surface area contributed by atoms with Crippen molar-refractivity contribution in [1.82, 2.24) is 5.32 Å². The van der Waals surface area contributed by atoms with Gasteiger partial charge in [-0.1, -0.05) is 169 Å². The van der Waals surface area contributed by atoms with Gasteiger partial charge in [0.15, 0.2) is 25.0 Å². The number of hydrogen-bond donors (Lipinski definition) is 1. The molecule has 0 radical (unpaired) electrons. The summed E-state index contributed by atoms with van der Waals surface area (Å²) in [5.41, 5.74) is 9.29. The quantitative estimate of drug-likeness (QED) is 0.0511. The first-order valence-electron chi connectivity index (χ1n) is 27.5. The summed E-state index contributed by atoms with van der Waals surface area (Å²) >= 11 is 0. The van der Waals surface area contributed by atoms with E-state index in [1.807, 2.05) is 0 Å². The Morgan fingerprint density at radius 1 is 0.515 bits per heavy atom. The Morgan fingerprint density at radius 2 is 0.868 bits per heavy atom. The van der Waals surface area contributed by atoms with Crippen LogP contribution < -0.4 is 14.8 Å². The van der Waals surface area contributed by atoms with E-state index in [0.29, 0.717) is 82.7 Å². The number of carbonyl (C=O) groups is 1. The fourth-order valence-corrected chi connectivity index (χ4v) is 29.8. The van der Waals surface area contributed by atoms with Gasteiger partial charge in [-0.2, -0.15) is 0 Å². The third-order valence-electron chi connectivity index (χ3n) is 16.4. The van der Waals surface area contributed by atoms with Gasteiger partial charge in [0, 0.05) is 30.0 Å². The van der Waals surface area contributed by atoms with Crippen molar-refractivity contribution in [2.24, 2.45) is 0 Å². The van der Waals surface area contributed by atoms with E-state index in [9.17, 15) is 4.79 Å². The monoisotopic (exact) mass is 996 g/mol. The molecular formula is C58H105NO6Si3. The second-order valence-electron chi connectivity index (χ2n) is 24.1. The van der Waals surface area contributed by atoms with Crippen molar-refractivity contribution in [3.63, 3.8) is 0 Å². The highest BCUT2D eigenvalue weighted by molar-refractivity contribution is 6.78. The second kappa shape index (κ2) is 26.7. The van der Waals surface area contributed by atoms with Gasteiger partial charge in [0.2, 0.25) is 5.91 Å². The van der Waals surface area contributed by atoms with Gasteiger partial charge in [-0.3, -0.25) is 4.79 Å². The topological polar surface area (TPSA) is 75.3 Å². The Morgan fingerprint density at radius 3 is 1.26 bits per heavy atom. The fourth-order valence-electron chi connectivity index (χ4n) is 13.2. The van der Waals surface area contributed by atoms with Gasteiger partial charge in [0.05, 0.1) is 26.4 Å². The number of unbranched alkanes of at least 4 members (excludes halogenated alkanes) is 7. The van der Waals surface area contributed by atoms with Crippen LogP contribution in [0.2, 0.25) is 49.9 Å². The normalized spacial score (nSPS) is 13.9. The van der Waals surface area contributed by atoms with Gasteiger partial charge in [-0.25, -0.2) is 0 Å². The van der Waals surface area contributed by atoms with E-state index in [1.165, 1.54) is 47.1 Å². The summed E-state index contributed by atoms with van der Waals surface area (Å²) in [7, 11) is -6.93. The molecule has 0 saturated heterocycles. The molecule has 0 spiro atoms. The van der Waals surface area contributed by atoms with Crippen molar-refractivity contribution in [3.8, 4) is 17.2 Å². The lowest BCUT2D eigenvalue weighted by atomic mass is 9.92. The van der Waals surface area contributed by atoms with Crippen LogP contribution in [-0.4, -0.2) is 62.8 Å². The Hall–Kier alpha value is -1.96. The summed E-state index contributed by atoms with van der Waals surface area (Å²) in [6, 6.07) is 8.64. The molecule has 2 aromatic rings. The lowest BCUT2D eigenvalue weighted by Crippen LogP contribution is -2.65. The molecule has 0 atom stereocenters. The van der Waals surface area contributed by atoms with Crippen LogP contribution in [0.4, 0.5) is 0 Å². The van der Waals surface area contributed by atoms with Crippen LogP contribution in [0.25, 0.3) is 0 Å². The Balaban J connectivity index is 1.68. The molecule has 7 nitrogen and oxygen atoms in total. The summed E-state index contributed by atoms with van der Waals surface area (Å²) < 4.78 is 35.2. The average Bonchev–Trinajstić information content (AvgIpc) is 3.21. The molecule has 0 aliphatic carbocycles. The molecule has 0 aromatic heterocycles. The summed E-state index contributed by atoms with van der Waals surface area (Å²) in [4.78, 5) is 14.5. The highest BCUT2D eigenvalue weighted by atomic mass is 28.4. The summed E-state index contributed by atoms with van der Waals surface area (Å²) in [6.07, 6.45) is 10.3. The molecule has 68 heavy (non-hydrogen) atoms. The van der Waals surface area contributed by atoms with E-state index >= 15 is 0 Å². The lowest BCUT2D eigenvalue weighted by molar-refractivity contribution is -0.125. The highest BCUT2D eigenvalue weighted by Gasteiger charge is 2.52. The number of aryl methyl sites for hydroxylation is 3. The van der Waals surface area contributed by atoms with Crippen molar-refractivity contribution in [3.05, 3.63) is 52.1 Å². The van der Waals surface area contributed by atoms with Crippen LogP contribution in [0.15, 0.2) is 24.3 Å². The molecule has 1 N–H and O–H groups in total. The van der Waals surface area contributed by atoms with Crippen LogP contribution in [0.3, 0.4) is 0 Å². The molecular weight excluding hydrogens is 891 g/mol. The SMILES string of the molecule is Cc1cc(C)c2c(c1)Oc1cc(OCCCCCCCCCCC(=O)NC(CO[Si](C(C)C)(C(C)C)C(C)C)(CO[Si](C(C)C)(C(C)C)C(C)C)CO[Si](C(C)C)(C(C)C)C(C)C)cc(C)c1C2. The fraction of sp³-hybridized carbons (Fsp3) is 0.776. The molecule has 390 valence electrons. The molecule has 1 amide bonds. The summed E-state index contributed by atoms with van der Waals surface area (Å²) in [5, 5.41) is 3.70. The molecule has 1 aliphatic rings. The average molecular weight is 997 g/mol. The van der Waals surface area contributed by atoms with Gasteiger partial charge in [0.1, 0.15) is 22.8 Å². The highest BCUT2D eigenvalue weighted by Crippen LogP contribution is 2.47. The molecule has 1 heterocycles. The van der Waals surface area contributed by atoms with Crippen LogP contribution in [0.5, 0.6) is 17.2 Å². The minimum atomic E-state index is -2.31. The second-order valence-corrected chi connectivity index (χ2v) is 40.5. The summed E-state index contributed by atoms with van der Waals surface area (Å²) in [5.74, 6) is 2.90. The van der Waals surface area contributed by atoms with Crippen molar-refractivity contribution in [2.75, 3.05) is 26.4 Å². The number of carbonyl (C=O) groups excluding carboxylic acids is 1. The lowest BCUT2D eigenvalue weighted by Gasteiger charge is -2.50. The maximum atomic E-state index is 14.5. The van der Waals surface area contributed by atoms with Crippen LogP contribution >= 0.6 is 0 Å². The zero-order valence-electron chi connectivity index (χ0n) is 47.9. The van der Waals surface area contributed by atoms with Gasteiger partial charge in [0.25, 0.3) is 0 Å². The van der Waals surface area contributed by atoms with Crippen LogP contribution in [-0.2, 0) is 24.5 Å². The minimum Gasteiger partial charge on any atom is -0.493 e. The molecule has 1 aliphatic heterocycles. The zero-order valence-corrected chi connectivity index (χ0v) is 50.9. The predicted octanol–water partition coefficient (Wildman–Crippen LogP) is 17.6. The first-order valence-corrected chi connectivity index (χ1v) is 33.9. The van der Waals surface area contributed by atoms with Crippen molar-refractivity contribution >= 4 is 30.9 Å². The number of ether oxygens (including phenoxy) is 2. The maximum absolute atomic E-state index is 14.5. The van der Waals surface area contributed by atoms with E-state index in [-0.39, 0.29) is 5.91 Å². The van der Waals surface area contributed by atoms with E-state index in [1.54, 1.807) is 0 Å². The first kappa shape index (κ1) is 60.3. The standard InChI is InChI=1S/C58H105NO6Si3/c1-40(2)66(41(3)4,42(5)6)62-37-58(38-63-67(43(7)8,44(9)10)45(11)12,39-64-68(46(13)14,47(15)16)48(17)18)59-57(60)30-28-26-24-22-23-25-27-29-31-61-52-34-51(21)54-36-53-50(20)32-49(19)33-55(53)65-56(54)35-52/h32-35,40-48H,22-31,36-39H2,1-21H3,(H,59,60). The third kappa shape index (κ3) is 14.6. The molecule has 0 saturated carbocycles. The molecule has 3 rings (SSSR count). The molecule has 2 aromatic carbocycles. The van der Waals surface area contributed by atoms with Gasteiger partial charge in [-0.15, -0.1) is 0 Å². The Labute approximate surface area is 422 Å². The first-order chi connectivity index (χ1) is 31.7. The minimum absolute atomic E-state index is 0.0965. The van der Waals surface area contributed by atoms with E-state index < -0.39 is 30.5 Å². The smallest absolute Gasteiger partial charge is 0.220 e. The number of rotatable bonds is 31. The van der Waals surface area contributed by atoms with Gasteiger partial charge >= 0.3 is 0 Å². The summed E-state index contributed by atoms with van der Waals surface area (Å²) in [6.45, 7) is 50.8. The number of fused-ring (bicyclic) bond motifs is 2. The maximum Gasteiger partial charge on any atom is 0.220 e. The van der Waals surface area contributed by atoms with Crippen LogP contribution in [0.1, 0.15) is 210 Å². The molecule has 10 heteroatoms. The van der Waals surface area contributed by atoms with Gasteiger partial charge < -0.3 is 28.1 Å². The molecule has 0 unspecified atom stereocenters. The van der Waals surface area contributed by atoms with Crippen molar-refractivity contribution < 1.29 is 27.5 Å². The predicted molar refractivity (Wildman–Crippen MR) is 299 cm³/mol. The van der Waals surface area contributed by atoms with Crippen molar-refractivity contribution in [2.45, 2.75) is 265 Å². The number of amides is 1. The van der Waals surface area contributed by atoms with E-state index in [0.717, 1.165) is 55.8 Å². The van der Waals surface area contributed by atoms with Gasteiger partial charge in [-0.05, 0) is 112 Å². The Kier molecular flexibility index (Phi) is 23.7. The van der Waals surface area contributed by atoms with Crippen molar-refractivity contribution in [1.29, 1.82) is 0 Å². The number of hydrogen-bond acceptors (Lipinski definition) is 6. The molecule has 0 bridgehead atoms. The van der Waals surface area contributed by atoms with Crippen LogP contribution in [0, 0.1) is 20.8 Å². The zero-order chi connectivity index (χ0) is 51.4. The third-order valence-corrected chi connectivity index (χ3v) is 34.6. The van der Waals surface area contributed by atoms with E-state index in [2.05, 4.69) is 175 Å². The van der Waals surface area contributed by atoms with E-state index in [4.69, 9.17) is 22.8 Å². The number of nitrogens with one attached hydrogen (secondary N) is 1. The largest absolute Gasteiger partial charge is 0.493 e.